The molecule has 0 saturated heterocycles. The second kappa shape index (κ2) is 3.87. The van der Waals surface area contributed by atoms with Crippen LogP contribution in [0.5, 0.6) is 5.75 Å². The summed E-state index contributed by atoms with van der Waals surface area (Å²) < 4.78 is 5.08. The quantitative estimate of drug-likeness (QED) is 0.850. The fourth-order valence-electron chi connectivity index (χ4n) is 2.21. The standard InChI is InChI=1S/C13H14O4/c1-13(12(15)16)6-5-11(14)9-4-3-8(17-2)7-10(9)13/h3-4,7H,5-6H2,1-2H3,(H,15,16). The molecule has 1 aliphatic rings. The van der Waals surface area contributed by atoms with E-state index in [2.05, 4.69) is 0 Å². The second-order valence-electron chi connectivity index (χ2n) is 4.47. The lowest BCUT2D eigenvalue weighted by atomic mass is 9.71. The van der Waals surface area contributed by atoms with E-state index in [1.165, 1.54) is 7.11 Å². The molecule has 90 valence electrons. The molecule has 2 rings (SSSR count). The van der Waals surface area contributed by atoms with Crippen LogP contribution >= 0.6 is 0 Å². The predicted octanol–water partition coefficient (Wildman–Crippen LogP) is 2.01. The first-order valence-corrected chi connectivity index (χ1v) is 5.44. The molecule has 1 aliphatic carbocycles. The molecule has 0 aromatic heterocycles. The van der Waals surface area contributed by atoms with Gasteiger partial charge in [-0.1, -0.05) is 0 Å². The molecule has 1 N–H and O–H groups in total. The Morgan fingerprint density at radius 3 is 2.76 bits per heavy atom. The molecule has 4 heteroatoms. The Balaban J connectivity index is 2.64. The molecule has 1 unspecified atom stereocenters. The molecular formula is C13H14O4. The number of hydrogen-bond acceptors (Lipinski definition) is 3. The highest BCUT2D eigenvalue weighted by atomic mass is 16.5. The lowest BCUT2D eigenvalue weighted by Gasteiger charge is -2.31. The summed E-state index contributed by atoms with van der Waals surface area (Å²) in [6.45, 7) is 1.65. The summed E-state index contributed by atoms with van der Waals surface area (Å²) in [5.74, 6) is -0.327. The van der Waals surface area contributed by atoms with Crippen LogP contribution in [0.3, 0.4) is 0 Å². The van der Waals surface area contributed by atoms with Crippen LogP contribution in [0.2, 0.25) is 0 Å². The first kappa shape index (κ1) is 11.6. The van der Waals surface area contributed by atoms with E-state index in [9.17, 15) is 14.7 Å². The van der Waals surface area contributed by atoms with Crippen LogP contribution < -0.4 is 4.74 Å². The van der Waals surface area contributed by atoms with Crippen molar-refractivity contribution in [1.29, 1.82) is 0 Å². The first-order chi connectivity index (χ1) is 7.99. The number of methoxy groups -OCH3 is 1. The van der Waals surface area contributed by atoms with Crippen molar-refractivity contribution in [2.24, 2.45) is 0 Å². The Labute approximate surface area is 99.2 Å². The molecular weight excluding hydrogens is 220 g/mol. The number of carbonyl (C=O) groups is 2. The van der Waals surface area contributed by atoms with Crippen LogP contribution in [0.1, 0.15) is 35.7 Å². The normalized spacial score (nSPS) is 23.1. The van der Waals surface area contributed by atoms with Crippen molar-refractivity contribution in [1.82, 2.24) is 0 Å². The number of hydrogen-bond donors (Lipinski definition) is 1. The third-order valence-electron chi connectivity index (χ3n) is 3.45. The molecule has 1 atom stereocenters. The van der Waals surface area contributed by atoms with Gasteiger partial charge in [0, 0.05) is 12.0 Å². The van der Waals surface area contributed by atoms with Gasteiger partial charge in [0.15, 0.2) is 5.78 Å². The largest absolute Gasteiger partial charge is 0.497 e. The van der Waals surface area contributed by atoms with Gasteiger partial charge in [0.2, 0.25) is 0 Å². The Morgan fingerprint density at radius 1 is 1.47 bits per heavy atom. The molecule has 0 fully saturated rings. The average Bonchev–Trinajstić information content (AvgIpc) is 2.33. The van der Waals surface area contributed by atoms with E-state index >= 15 is 0 Å². The van der Waals surface area contributed by atoms with Crippen molar-refractivity contribution in [3.05, 3.63) is 29.3 Å². The molecule has 0 aliphatic heterocycles. The highest BCUT2D eigenvalue weighted by molar-refractivity contribution is 6.02. The fourth-order valence-corrected chi connectivity index (χ4v) is 2.21. The van der Waals surface area contributed by atoms with Crippen LogP contribution in [0, 0.1) is 0 Å². The highest BCUT2D eigenvalue weighted by Gasteiger charge is 2.41. The molecule has 0 amide bonds. The van der Waals surface area contributed by atoms with Crippen LogP contribution in [-0.2, 0) is 10.2 Å². The monoisotopic (exact) mass is 234 g/mol. The Hall–Kier alpha value is -1.84. The van der Waals surface area contributed by atoms with Gasteiger partial charge in [-0.05, 0) is 37.1 Å². The molecule has 0 spiro atoms. The summed E-state index contributed by atoms with van der Waals surface area (Å²) >= 11 is 0. The van der Waals surface area contributed by atoms with Gasteiger partial charge in [0.25, 0.3) is 0 Å². The van der Waals surface area contributed by atoms with Crippen molar-refractivity contribution < 1.29 is 19.4 Å². The number of benzene rings is 1. The Morgan fingerprint density at radius 2 is 2.18 bits per heavy atom. The zero-order chi connectivity index (χ0) is 12.6. The number of Topliss-reactive ketones (excluding diaryl/α,β-unsaturated/α-hetero) is 1. The minimum Gasteiger partial charge on any atom is -0.497 e. The van der Waals surface area contributed by atoms with Crippen LogP contribution in [0.15, 0.2) is 18.2 Å². The minimum atomic E-state index is -1.00. The lowest BCUT2D eigenvalue weighted by Crippen LogP contribution is -2.37. The van der Waals surface area contributed by atoms with Crippen LogP contribution in [0.4, 0.5) is 0 Å². The summed E-state index contributed by atoms with van der Waals surface area (Å²) in [4.78, 5) is 23.2. The number of ether oxygens (including phenoxy) is 1. The summed E-state index contributed by atoms with van der Waals surface area (Å²) in [6, 6.07) is 4.99. The second-order valence-corrected chi connectivity index (χ2v) is 4.47. The number of carbonyl (C=O) groups excluding carboxylic acids is 1. The molecule has 17 heavy (non-hydrogen) atoms. The topological polar surface area (TPSA) is 63.6 Å². The minimum absolute atomic E-state index is 0.00128. The number of carboxylic acids is 1. The van der Waals surface area contributed by atoms with Gasteiger partial charge in [-0.15, -0.1) is 0 Å². The Kier molecular flexibility index (Phi) is 2.65. The predicted molar refractivity (Wildman–Crippen MR) is 61.5 cm³/mol. The van der Waals surface area contributed by atoms with Crippen LogP contribution in [-0.4, -0.2) is 24.0 Å². The summed E-state index contributed by atoms with van der Waals surface area (Å²) in [7, 11) is 1.52. The summed E-state index contributed by atoms with van der Waals surface area (Å²) in [6.07, 6.45) is 0.615. The number of fused-ring (bicyclic) bond motifs is 1. The van der Waals surface area contributed by atoms with Crippen molar-refractivity contribution in [2.45, 2.75) is 25.2 Å². The molecule has 0 bridgehead atoms. The van der Waals surface area contributed by atoms with Crippen molar-refractivity contribution in [2.75, 3.05) is 7.11 Å². The van der Waals surface area contributed by atoms with Crippen molar-refractivity contribution in [3.63, 3.8) is 0 Å². The summed E-state index contributed by atoms with van der Waals surface area (Å²) in [5.41, 5.74) is 0.0557. The van der Waals surface area contributed by atoms with Gasteiger partial charge in [-0.2, -0.15) is 0 Å². The number of rotatable bonds is 2. The number of carboxylic acid groups (broad SMARTS) is 1. The van der Waals surface area contributed by atoms with E-state index in [0.717, 1.165) is 0 Å². The molecule has 0 saturated carbocycles. The molecule has 0 radical (unpaired) electrons. The highest BCUT2D eigenvalue weighted by Crippen LogP contribution is 2.39. The van der Waals surface area contributed by atoms with E-state index in [0.29, 0.717) is 23.3 Å². The maximum Gasteiger partial charge on any atom is 0.313 e. The molecule has 0 heterocycles. The molecule has 1 aromatic carbocycles. The SMILES string of the molecule is COc1ccc2c(c1)C(C)(C(=O)O)CCC2=O. The van der Waals surface area contributed by atoms with Crippen LogP contribution in [0.25, 0.3) is 0 Å². The smallest absolute Gasteiger partial charge is 0.313 e. The van der Waals surface area contributed by atoms with Gasteiger partial charge >= 0.3 is 5.97 Å². The van der Waals surface area contributed by atoms with E-state index in [1.807, 2.05) is 0 Å². The zero-order valence-electron chi connectivity index (χ0n) is 9.82. The average molecular weight is 234 g/mol. The van der Waals surface area contributed by atoms with Gasteiger partial charge in [-0.25, -0.2) is 0 Å². The molecule has 4 nitrogen and oxygen atoms in total. The van der Waals surface area contributed by atoms with E-state index < -0.39 is 11.4 Å². The maximum atomic E-state index is 11.8. The number of ketones is 1. The van der Waals surface area contributed by atoms with Gasteiger partial charge in [-0.3, -0.25) is 9.59 Å². The third-order valence-corrected chi connectivity index (χ3v) is 3.45. The number of aliphatic carboxylic acids is 1. The van der Waals surface area contributed by atoms with Gasteiger partial charge in [0.1, 0.15) is 5.75 Å². The van der Waals surface area contributed by atoms with Gasteiger partial charge < -0.3 is 9.84 Å². The zero-order valence-corrected chi connectivity index (χ0v) is 9.82. The fraction of sp³-hybridized carbons (Fsp3) is 0.385. The molecule has 1 aromatic rings. The van der Waals surface area contributed by atoms with E-state index in [-0.39, 0.29) is 12.2 Å². The lowest BCUT2D eigenvalue weighted by molar-refractivity contribution is -0.143. The van der Waals surface area contributed by atoms with E-state index in [1.54, 1.807) is 25.1 Å². The first-order valence-electron chi connectivity index (χ1n) is 5.44. The maximum absolute atomic E-state index is 11.8. The van der Waals surface area contributed by atoms with Crippen molar-refractivity contribution >= 4 is 11.8 Å². The van der Waals surface area contributed by atoms with E-state index in [4.69, 9.17) is 4.74 Å². The Bertz CT molecular complexity index is 492. The van der Waals surface area contributed by atoms with Gasteiger partial charge in [0.05, 0.1) is 12.5 Å². The summed E-state index contributed by atoms with van der Waals surface area (Å²) in [5, 5.41) is 9.34. The third kappa shape index (κ3) is 1.69. The van der Waals surface area contributed by atoms with Crippen molar-refractivity contribution in [3.8, 4) is 5.75 Å².